The van der Waals surface area contributed by atoms with Gasteiger partial charge in [-0.15, -0.1) is 0 Å². The number of anilines is 1. The number of halogens is 4. The highest BCUT2D eigenvalue weighted by Gasteiger charge is 2.44. The predicted octanol–water partition coefficient (Wildman–Crippen LogP) is 4.31. The zero-order valence-corrected chi connectivity index (χ0v) is 17.0. The number of hydrogen-bond donors (Lipinski definition) is 0. The fraction of sp³-hybridized carbons (Fsp3) is 0.714. The summed E-state index contributed by atoms with van der Waals surface area (Å²) in [6.45, 7) is 11.6. The van der Waals surface area contributed by atoms with Crippen LogP contribution in [-0.4, -0.2) is 37.5 Å². The quantitative estimate of drug-likeness (QED) is 0.384. The van der Waals surface area contributed by atoms with E-state index in [1.54, 1.807) is 4.90 Å². The highest BCUT2D eigenvalue weighted by molar-refractivity contribution is 14.1. The van der Waals surface area contributed by atoms with Crippen molar-refractivity contribution in [2.24, 2.45) is 0 Å². The molecule has 4 nitrogen and oxygen atoms in total. The molecule has 1 aliphatic heterocycles. The highest BCUT2D eigenvalue weighted by atomic mass is 127. The number of aromatic nitrogens is 2. The van der Waals surface area contributed by atoms with Crippen LogP contribution in [0.15, 0.2) is 6.20 Å². The van der Waals surface area contributed by atoms with Crippen LogP contribution in [0.1, 0.15) is 26.3 Å². The molecule has 0 unspecified atom stereocenters. The summed E-state index contributed by atoms with van der Waals surface area (Å²) in [6, 6.07) is 0. The van der Waals surface area contributed by atoms with Gasteiger partial charge in [-0.05, 0) is 18.1 Å². The van der Waals surface area contributed by atoms with Gasteiger partial charge in [0.2, 0.25) is 0 Å². The van der Waals surface area contributed by atoms with Gasteiger partial charge in [-0.3, -0.25) is 0 Å². The molecule has 0 atom stereocenters. The summed E-state index contributed by atoms with van der Waals surface area (Å²) in [5.41, 5.74) is -0.788. The maximum absolute atomic E-state index is 13.1. The molecule has 2 heterocycles. The molecule has 0 spiro atoms. The van der Waals surface area contributed by atoms with E-state index in [-0.39, 0.29) is 17.0 Å². The highest BCUT2D eigenvalue weighted by Crippen LogP contribution is 2.40. The summed E-state index contributed by atoms with van der Waals surface area (Å²) >= 11 is 1.82. The monoisotopic (exact) mass is 459 g/mol. The lowest BCUT2D eigenvalue weighted by atomic mass is 10.1. The van der Waals surface area contributed by atoms with Crippen molar-refractivity contribution in [3.05, 3.63) is 15.6 Å². The summed E-state index contributed by atoms with van der Waals surface area (Å²) in [5, 5.41) is 0.0782. The molecule has 23 heavy (non-hydrogen) atoms. The van der Waals surface area contributed by atoms with Gasteiger partial charge in [0.25, 0.3) is 0 Å². The molecule has 2 rings (SSSR count). The van der Waals surface area contributed by atoms with Crippen LogP contribution in [0, 0.1) is 3.83 Å². The van der Waals surface area contributed by atoms with Crippen LogP contribution in [-0.2, 0) is 10.6 Å². The second-order valence-electron chi connectivity index (χ2n) is 7.28. The lowest BCUT2D eigenvalue weighted by Gasteiger charge is -2.47. The molecule has 9 heteroatoms. The molecule has 1 aromatic heterocycles. The van der Waals surface area contributed by atoms with E-state index in [4.69, 9.17) is 4.43 Å². The van der Waals surface area contributed by atoms with Crippen molar-refractivity contribution in [1.82, 2.24) is 9.97 Å². The van der Waals surface area contributed by atoms with Gasteiger partial charge in [-0.25, -0.2) is 9.97 Å². The molecule has 0 aromatic carbocycles. The van der Waals surface area contributed by atoms with Crippen LogP contribution >= 0.6 is 22.6 Å². The maximum atomic E-state index is 13.1. The fourth-order valence-electron chi connectivity index (χ4n) is 2.07. The first kappa shape index (κ1) is 18.9. The molecule has 0 radical (unpaired) electrons. The average Bonchev–Trinajstić information content (AvgIpc) is 2.30. The molecule has 130 valence electrons. The van der Waals surface area contributed by atoms with E-state index in [0.29, 0.717) is 16.9 Å². The normalized spacial score (nSPS) is 17.3. The number of rotatable bonds is 3. The predicted molar refractivity (Wildman–Crippen MR) is 94.0 cm³/mol. The van der Waals surface area contributed by atoms with Crippen LogP contribution in [0.2, 0.25) is 18.1 Å². The van der Waals surface area contributed by atoms with Crippen molar-refractivity contribution in [2.45, 2.75) is 51.2 Å². The van der Waals surface area contributed by atoms with Crippen molar-refractivity contribution >= 4 is 36.7 Å². The first-order valence-electron chi connectivity index (χ1n) is 7.34. The average molecular weight is 459 g/mol. The topological polar surface area (TPSA) is 38.2 Å². The third-order valence-corrected chi connectivity index (χ3v) is 9.51. The molecule has 0 amide bonds. The van der Waals surface area contributed by atoms with Gasteiger partial charge in [0, 0.05) is 41.9 Å². The van der Waals surface area contributed by atoms with Crippen molar-refractivity contribution in [1.29, 1.82) is 0 Å². The zero-order chi connectivity index (χ0) is 17.6. The Kier molecular flexibility index (Phi) is 5.05. The molecule has 1 aromatic rings. The van der Waals surface area contributed by atoms with Crippen molar-refractivity contribution in [2.75, 3.05) is 18.0 Å². The van der Waals surface area contributed by atoms with E-state index in [9.17, 15) is 13.2 Å². The molecule has 0 bridgehead atoms. The van der Waals surface area contributed by atoms with E-state index in [2.05, 4.69) is 43.8 Å². The lowest BCUT2D eigenvalue weighted by Crippen LogP contribution is -2.58. The summed E-state index contributed by atoms with van der Waals surface area (Å²) < 4.78 is 45.8. The van der Waals surface area contributed by atoms with Gasteiger partial charge in [0.1, 0.15) is 11.4 Å². The summed E-state index contributed by atoms with van der Waals surface area (Å²) in [5.74, 6) is -0.0491. The number of nitrogens with zero attached hydrogens (tertiary/aromatic N) is 3. The minimum absolute atomic E-state index is 0.0374. The van der Waals surface area contributed by atoms with Gasteiger partial charge >= 0.3 is 6.18 Å². The van der Waals surface area contributed by atoms with Crippen molar-refractivity contribution in [3.8, 4) is 0 Å². The first-order valence-corrected chi connectivity index (χ1v) is 11.3. The largest absolute Gasteiger partial charge is 0.421 e. The Hall–Kier alpha value is -0.423. The molecule has 0 aliphatic carbocycles. The zero-order valence-electron chi connectivity index (χ0n) is 13.8. The Bertz CT molecular complexity index is 584. The maximum Gasteiger partial charge on any atom is 0.421 e. The Morgan fingerprint density at radius 3 is 2.30 bits per heavy atom. The van der Waals surface area contributed by atoms with E-state index >= 15 is 0 Å². The number of hydrogen-bond acceptors (Lipinski definition) is 4. The Morgan fingerprint density at radius 2 is 1.83 bits per heavy atom. The minimum Gasteiger partial charge on any atom is -0.410 e. The molecule has 0 N–H and O–H groups in total. The summed E-state index contributed by atoms with van der Waals surface area (Å²) in [4.78, 5) is 9.26. The Labute approximate surface area is 149 Å². The number of alkyl halides is 3. The second-order valence-corrected chi connectivity index (χ2v) is 13.0. The molecule has 1 saturated heterocycles. The van der Waals surface area contributed by atoms with E-state index in [1.165, 1.54) is 0 Å². The van der Waals surface area contributed by atoms with Crippen LogP contribution in [0.25, 0.3) is 0 Å². The second kappa shape index (κ2) is 6.14. The van der Waals surface area contributed by atoms with Gasteiger partial charge in [0.05, 0.1) is 6.10 Å². The molecular formula is C14H21F3IN3OSi. The fourth-order valence-corrected chi connectivity index (χ4v) is 3.78. The third kappa shape index (κ3) is 4.16. The van der Waals surface area contributed by atoms with Crippen LogP contribution < -0.4 is 4.90 Å². The summed E-state index contributed by atoms with van der Waals surface area (Å²) in [7, 11) is -1.91. The molecule has 1 fully saturated rings. The van der Waals surface area contributed by atoms with E-state index in [0.717, 1.165) is 6.20 Å². The van der Waals surface area contributed by atoms with Gasteiger partial charge in [-0.2, -0.15) is 13.2 Å². The van der Waals surface area contributed by atoms with E-state index < -0.39 is 20.1 Å². The lowest BCUT2D eigenvalue weighted by molar-refractivity contribution is -0.137. The van der Waals surface area contributed by atoms with Gasteiger partial charge < -0.3 is 9.33 Å². The SMILES string of the molecule is CC(C)(C)[Si](C)(C)OC1CN(c2nc(I)ncc2C(F)(F)F)C1. The van der Waals surface area contributed by atoms with Gasteiger partial charge in [-0.1, -0.05) is 20.8 Å². The summed E-state index contributed by atoms with van der Waals surface area (Å²) in [6.07, 6.45) is -3.64. The standard InChI is InChI=1S/C14H21F3IN3OSi/c1-13(2,3)23(4,5)22-9-7-21(8-9)11-10(14(15,16)17)6-19-12(18)20-11/h6,9H,7-8H2,1-5H3. The first-order chi connectivity index (χ1) is 10.3. The van der Waals surface area contributed by atoms with Gasteiger partial charge in [0.15, 0.2) is 12.1 Å². The van der Waals surface area contributed by atoms with E-state index in [1.807, 2.05) is 22.6 Å². The Morgan fingerprint density at radius 1 is 1.26 bits per heavy atom. The third-order valence-electron chi connectivity index (χ3n) is 4.46. The van der Waals surface area contributed by atoms with Crippen molar-refractivity contribution < 1.29 is 17.6 Å². The Balaban J connectivity index is 2.10. The molecular weight excluding hydrogens is 438 g/mol. The van der Waals surface area contributed by atoms with Crippen LogP contribution in [0.4, 0.5) is 19.0 Å². The van der Waals surface area contributed by atoms with Crippen molar-refractivity contribution in [3.63, 3.8) is 0 Å². The van der Waals surface area contributed by atoms with Crippen LogP contribution in [0.3, 0.4) is 0 Å². The smallest absolute Gasteiger partial charge is 0.410 e. The molecule has 0 saturated carbocycles. The minimum atomic E-state index is -4.45. The molecule has 1 aliphatic rings. The van der Waals surface area contributed by atoms with Crippen LogP contribution in [0.5, 0.6) is 0 Å².